The topological polar surface area (TPSA) is 36.7 Å². The van der Waals surface area contributed by atoms with Crippen LogP contribution in [0, 0.1) is 5.21 Å². The second kappa shape index (κ2) is 3.71. The molecule has 60 valence electrons. The van der Waals surface area contributed by atoms with E-state index in [1.807, 2.05) is 0 Å². The second-order valence-electron chi connectivity index (χ2n) is 2.65. The molecule has 0 heterocycles. The monoisotopic (exact) mass is 145 g/mol. The average Bonchev–Trinajstić information content (AvgIpc) is 1.89. The molecule has 3 nitrogen and oxygen atoms in total. The molecule has 1 unspecified atom stereocenters. The van der Waals surface area contributed by atoms with Gasteiger partial charge in [0, 0.05) is 0 Å². The van der Waals surface area contributed by atoms with E-state index in [4.69, 9.17) is 4.84 Å². The molecule has 1 atom stereocenters. The smallest absolute Gasteiger partial charge is 0.140 e. The summed E-state index contributed by atoms with van der Waals surface area (Å²) in [6.45, 7) is 9.30. The van der Waals surface area contributed by atoms with E-state index in [-0.39, 0.29) is 5.23 Å². The van der Waals surface area contributed by atoms with Crippen molar-refractivity contribution >= 4 is 0 Å². The van der Waals surface area contributed by atoms with E-state index in [1.165, 1.54) is 0 Å². The summed E-state index contributed by atoms with van der Waals surface area (Å²) < 4.78 is 0. The van der Waals surface area contributed by atoms with Crippen molar-refractivity contribution in [1.82, 2.24) is 0 Å². The lowest BCUT2D eigenvalue weighted by molar-refractivity contribution is -1.08. The zero-order valence-electron chi connectivity index (χ0n) is 6.81. The fourth-order valence-electron chi connectivity index (χ4n) is 0.400. The molecule has 0 aliphatic carbocycles. The first-order chi connectivity index (χ1) is 4.54. The predicted molar refractivity (Wildman–Crippen MR) is 40.2 cm³/mol. The summed E-state index contributed by atoms with van der Waals surface area (Å²) in [5.74, 6) is 0. The highest BCUT2D eigenvalue weighted by atomic mass is 16.9. The van der Waals surface area contributed by atoms with Gasteiger partial charge >= 0.3 is 0 Å². The molecule has 0 radical (unpaired) electrons. The van der Waals surface area contributed by atoms with Crippen molar-refractivity contribution in [3.63, 3.8) is 0 Å². The molecule has 0 aliphatic heterocycles. The van der Waals surface area contributed by atoms with E-state index in [1.54, 1.807) is 26.8 Å². The minimum absolute atomic E-state index is 0.218. The predicted octanol–water partition coefficient (Wildman–Crippen LogP) is 0.285. The number of hydroxylamine groups is 2. The van der Waals surface area contributed by atoms with Crippen molar-refractivity contribution < 1.29 is 10.1 Å². The van der Waals surface area contributed by atoms with Crippen molar-refractivity contribution in [2.75, 3.05) is 6.61 Å². The summed E-state index contributed by atoms with van der Waals surface area (Å²) in [6, 6.07) is 0. The number of hydrogen-bond donors (Lipinski definition) is 1. The fraction of sp³-hybridized carbons (Fsp3) is 0.714. The molecule has 0 aromatic carbocycles. The van der Waals surface area contributed by atoms with Crippen LogP contribution >= 0.6 is 0 Å². The van der Waals surface area contributed by atoms with Gasteiger partial charge in [0.15, 0.2) is 0 Å². The van der Waals surface area contributed by atoms with Gasteiger partial charge in [-0.3, -0.25) is 0 Å². The number of rotatable bonds is 4. The van der Waals surface area contributed by atoms with Crippen LogP contribution in [0.1, 0.15) is 20.8 Å². The molecule has 0 aromatic rings. The van der Waals surface area contributed by atoms with Crippen LogP contribution in [-0.4, -0.2) is 12.1 Å². The van der Waals surface area contributed by atoms with Gasteiger partial charge in [0.05, 0.1) is 0 Å². The maximum atomic E-state index is 11.0. The van der Waals surface area contributed by atoms with Gasteiger partial charge in [0.1, 0.15) is 12.1 Å². The lowest BCUT2D eigenvalue weighted by atomic mass is 10.1. The molecule has 0 aromatic heterocycles. The van der Waals surface area contributed by atoms with Crippen molar-refractivity contribution in [2.24, 2.45) is 0 Å². The average molecular weight is 145 g/mol. The zero-order chi connectivity index (χ0) is 8.20. The van der Waals surface area contributed by atoms with Gasteiger partial charge in [-0.2, -0.15) is 0 Å². The minimum Gasteiger partial charge on any atom is -0.599 e. The van der Waals surface area contributed by atoms with Crippen LogP contribution in [0.3, 0.4) is 0 Å². The van der Waals surface area contributed by atoms with E-state index >= 15 is 0 Å². The van der Waals surface area contributed by atoms with Crippen molar-refractivity contribution in [2.45, 2.75) is 26.3 Å². The van der Waals surface area contributed by atoms with Gasteiger partial charge in [-0.05, 0) is 26.8 Å². The normalized spacial score (nSPS) is 14.8. The summed E-state index contributed by atoms with van der Waals surface area (Å²) in [6.07, 6.45) is 1.59. The highest BCUT2D eigenvalue weighted by Crippen LogP contribution is 1.95. The molecule has 0 amide bonds. The van der Waals surface area contributed by atoms with Crippen molar-refractivity contribution in [3.05, 3.63) is 17.9 Å². The van der Waals surface area contributed by atoms with Crippen LogP contribution in [0.15, 0.2) is 12.7 Å². The Kier molecular flexibility index (Phi) is 3.57. The summed E-state index contributed by atoms with van der Waals surface area (Å²) in [7, 11) is 0. The van der Waals surface area contributed by atoms with Crippen molar-refractivity contribution in [1.29, 1.82) is 0 Å². The Morgan fingerprint density at radius 2 is 2.20 bits per heavy atom. The van der Waals surface area contributed by atoms with E-state index in [0.29, 0.717) is 6.61 Å². The number of hydrogen-bond acceptors (Lipinski definition) is 2. The molecule has 3 heteroatoms. The van der Waals surface area contributed by atoms with Gasteiger partial charge in [-0.25, -0.2) is 10.1 Å². The van der Waals surface area contributed by atoms with Gasteiger partial charge in [-0.15, -0.1) is 0 Å². The van der Waals surface area contributed by atoms with E-state index in [9.17, 15) is 5.21 Å². The summed E-state index contributed by atoms with van der Waals surface area (Å²) in [5.41, 5.74) is -0.546. The SMILES string of the molecule is C=CC(C)(C)[NH+]([O-])OCC. The summed E-state index contributed by atoms with van der Waals surface area (Å²) >= 11 is 0. The van der Waals surface area contributed by atoms with E-state index in [0.717, 1.165) is 0 Å². The molecule has 0 bridgehead atoms. The Morgan fingerprint density at radius 3 is 2.50 bits per heavy atom. The third kappa shape index (κ3) is 2.47. The van der Waals surface area contributed by atoms with Gasteiger partial charge < -0.3 is 5.21 Å². The summed E-state index contributed by atoms with van der Waals surface area (Å²) in [5, 5.41) is 10.8. The minimum atomic E-state index is -0.546. The van der Waals surface area contributed by atoms with Crippen LogP contribution in [-0.2, 0) is 4.84 Å². The van der Waals surface area contributed by atoms with Gasteiger partial charge in [0.2, 0.25) is 0 Å². The largest absolute Gasteiger partial charge is 0.599 e. The third-order valence-corrected chi connectivity index (χ3v) is 1.31. The lowest BCUT2D eigenvalue weighted by Gasteiger charge is -2.32. The Hall–Kier alpha value is -0.380. The summed E-state index contributed by atoms with van der Waals surface area (Å²) in [4.78, 5) is 4.79. The third-order valence-electron chi connectivity index (χ3n) is 1.31. The standard InChI is InChI=1S/C7H15NO2/c1-5-7(3,4)8(9)10-6-2/h5,8H,1,6H2,2-4H3. The molecule has 0 saturated heterocycles. The maximum Gasteiger partial charge on any atom is 0.140 e. The molecular weight excluding hydrogens is 130 g/mol. The van der Waals surface area contributed by atoms with Crippen LogP contribution in [0.25, 0.3) is 0 Å². The highest BCUT2D eigenvalue weighted by molar-refractivity contribution is 4.86. The van der Waals surface area contributed by atoms with Crippen LogP contribution in [0.4, 0.5) is 0 Å². The van der Waals surface area contributed by atoms with Crippen molar-refractivity contribution in [3.8, 4) is 0 Å². The van der Waals surface area contributed by atoms with E-state index in [2.05, 4.69) is 6.58 Å². The molecule has 0 aliphatic rings. The first kappa shape index (κ1) is 9.62. The van der Waals surface area contributed by atoms with Crippen LogP contribution in [0.2, 0.25) is 0 Å². The quantitative estimate of drug-likeness (QED) is 0.456. The first-order valence-electron chi connectivity index (χ1n) is 3.35. The lowest BCUT2D eigenvalue weighted by Crippen LogP contribution is -3.14. The molecule has 1 N–H and O–H groups in total. The van der Waals surface area contributed by atoms with Crippen LogP contribution < -0.4 is 5.23 Å². The molecule has 0 rings (SSSR count). The molecule has 0 spiro atoms. The first-order valence-corrected chi connectivity index (χ1v) is 3.35. The van der Waals surface area contributed by atoms with Gasteiger partial charge in [0.25, 0.3) is 0 Å². The highest BCUT2D eigenvalue weighted by Gasteiger charge is 2.21. The molecule has 0 fully saturated rings. The second-order valence-corrected chi connectivity index (χ2v) is 2.65. The Labute approximate surface area is 61.8 Å². The Morgan fingerprint density at radius 1 is 1.70 bits per heavy atom. The molecule has 10 heavy (non-hydrogen) atoms. The van der Waals surface area contributed by atoms with Gasteiger partial charge in [-0.1, -0.05) is 6.58 Å². The molecular formula is C7H15NO2. The fourth-order valence-corrected chi connectivity index (χ4v) is 0.400. The number of nitrogens with one attached hydrogen (secondary N) is 1. The Balaban J connectivity index is 3.90. The zero-order valence-corrected chi connectivity index (χ0v) is 6.81. The number of quaternary nitrogens is 1. The van der Waals surface area contributed by atoms with E-state index < -0.39 is 5.54 Å². The Bertz CT molecular complexity index is 112. The maximum absolute atomic E-state index is 11.0. The van der Waals surface area contributed by atoms with Crippen LogP contribution in [0.5, 0.6) is 0 Å². The molecule has 0 saturated carbocycles.